The van der Waals surface area contributed by atoms with Gasteiger partial charge in [0.15, 0.2) is 0 Å². The second-order valence-corrected chi connectivity index (χ2v) is 8.14. The molecule has 0 aromatic carbocycles. The molecule has 0 amide bonds. The van der Waals surface area contributed by atoms with E-state index in [4.69, 9.17) is 0 Å². The van der Waals surface area contributed by atoms with Crippen molar-refractivity contribution in [1.29, 1.82) is 0 Å². The third-order valence-electron chi connectivity index (χ3n) is 8.63. The van der Waals surface area contributed by atoms with Gasteiger partial charge in [0.25, 0.3) is 0 Å². The molecule has 1 saturated heterocycles. The van der Waals surface area contributed by atoms with Crippen molar-refractivity contribution in [2.45, 2.75) is 0 Å². The predicted octanol–water partition coefficient (Wildman–Crippen LogP) is 1.62. The van der Waals surface area contributed by atoms with Gasteiger partial charge < -0.3 is 5.32 Å². The van der Waals surface area contributed by atoms with Crippen LogP contribution in [-0.4, -0.2) is 13.1 Å². The lowest BCUT2D eigenvalue weighted by Gasteiger charge is -2.59. The molecule has 88 valence electrons. The van der Waals surface area contributed by atoms with Crippen molar-refractivity contribution in [1.82, 2.24) is 5.32 Å². The van der Waals surface area contributed by atoms with E-state index >= 15 is 0 Å². The highest BCUT2D eigenvalue weighted by atomic mass is 15.0. The molecule has 7 rings (SSSR count). The first kappa shape index (κ1) is 7.99. The summed E-state index contributed by atoms with van der Waals surface area (Å²) < 4.78 is 0. The molecule has 2 bridgehead atoms. The molecule has 0 radical (unpaired) electrons. The zero-order chi connectivity index (χ0) is 10.5. The summed E-state index contributed by atoms with van der Waals surface area (Å²) in [5.41, 5.74) is 0. The molecule has 0 spiro atoms. The molecule has 17 heavy (non-hydrogen) atoms. The standard InChI is InChI=1S/C16H19N/c1-2-6-10-9-5(1)11-12(6)16-14(10)8-4-17-3-7(8)13(9)15(11)16/h1-2,5-17H,3-4H2/t5-,6+,7+,8-,9-,10+,11-,12-,13-,14+,15+,16+/m0/s1. The van der Waals surface area contributed by atoms with Gasteiger partial charge in [0.2, 0.25) is 0 Å². The summed E-state index contributed by atoms with van der Waals surface area (Å²) >= 11 is 0. The fraction of sp³-hybridized carbons (Fsp3) is 0.875. The summed E-state index contributed by atoms with van der Waals surface area (Å²) in [5.74, 6) is 13.7. The third kappa shape index (κ3) is 0.528. The minimum absolute atomic E-state index is 1.05. The van der Waals surface area contributed by atoms with E-state index in [1.807, 2.05) is 0 Å². The van der Waals surface area contributed by atoms with E-state index < -0.39 is 0 Å². The Kier molecular flexibility index (Phi) is 0.962. The summed E-state index contributed by atoms with van der Waals surface area (Å²) in [6.07, 6.45) is 5.34. The Bertz CT molecular complexity index is 440. The van der Waals surface area contributed by atoms with Crippen LogP contribution in [0.4, 0.5) is 0 Å². The molecule has 1 nitrogen and oxygen atoms in total. The molecule has 1 aliphatic heterocycles. The van der Waals surface area contributed by atoms with Crippen LogP contribution >= 0.6 is 0 Å². The van der Waals surface area contributed by atoms with Gasteiger partial charge in [-0.1, -0.05) is 12.2 Å². The van der Waals surface area contributed by atoms with Gasteiger partial charge in [-0.05, 0) is 84.1 Å². The fourth-order valence-electron chi connectivity index (χ4n) is 8.97. The van der Waals surface area contributed by atoms with Crippen LogP contribution in [0, 0.1) is 71.0 Å². The van der Waals surface area contributed by atoms with Crippen molar-refractivity contribution in [3.05, 3.63) is 12.2 Å². The highest BCUT2D eigenvalue weighted by Crippen LogP contribution is 2.86. The Labute approximate surface area is 102 Å². The van der Waals surface area contributed by atoms with E-state index in [2.05, 4.69) is 17.5 Å². The van der Waals surface area contributed by atoms with Gasteiger partial charge in [-0.25, -0.2) is 0 Å². The Morgan fingerprint density at radius 2 is 1.06 bits per heavy atom. The van der Waals surface area contributed by atoms with E-state index in [0.717, 1.165) is 47.3 Å². The van der Waals surface area contributed by atoms with Crippen LogP contribution in [0.25, 0.3) is 0 Å². The fourth-order valence-corrected chi connectivity index (χ4v) is 8.97. The van der Waals surface area contributed by atoms with E-state index in [9.17, 15) is 0 Å². The predicted molar refractivity (Wildman–Crippen MR) is 63.9 cm³/mol. The molecule has 5 saturated carbocycles. The minimum Gasteiger partial charge on any atom is -0.316 e. The van der Waals surface area contributed by atoms with Crippen LogP contribution in [0.15, 0.2) is 12.2 Å². The summed E-state index contributed by atoms with van der Waals surface area (Å²) in [6.45, 7) is 2.74. The molecule has 1 heteroatoms. The monoisotopic (exact) mass is 225 g/mol. The molecule has 7 aliphatic rings. The Balaban J connectivity index is 1.57. The number of fused-ring (bicyclic) bond motifs is 3. The van der Waals surface area contributed by atoms with Gasteiger partial charge in [0.1, 0.15) is 0 Å². The van der Waals surface area contributed by atoms with Crippen LogP contribution < -0.4 is 5.32 Å². The maximum atomic E-state index is 3.74. The van der Waals surface area contributed by atoms with Crippen LogP contribution in [0.2, 0.25) is 0 Å². The van der Waals surface area contributed by atoms with Crippen LogP contribution in [0.5, 0.6) is 0 Å². The van der Waals surface area contributed by atoms with Crippen molar-refractivity contribution >= 4 is 0 Å². The smallest absolute Gasteiger partial charge is 0.00143 e. The molecule has 1 N–H and O–H groups in total. The maximum Gasteiger partial charge on any atom is -0.00143 e. The average molecular weight is 225 g/mol. The average Bonchev–Trinajstić information content (AvgIpc) is 2.92. The number of nitrogens with one attached hydrogen (secondary N) is 1. The Hall–Kier alpha value is -0.300. The molecule has 0 unspecified atom stereocenters. The van der Waals surface area contributed by atoms with Crippen molar-refractivity contribution in [3.63, 3.8) is 0 Å². The number of allylic oxidation sites excluding steroid dienone is 2. The molecule has 0 aromatic heterocycles. The second-order valence-electron chi connectivity index (χ2n) is 8.14. The Morgan fingerprint density at radius 3 is 1.59 bits per heavy atom. The third-order valence-corrected chi connectivity index (χ3v) is 8.63. The summed E-state index contributed by atoms with van der Waals surface area (Å²) in [4.78, 5) is 0. The maximum absolute atomic E-state index is 3.74. The normalized spacial score (nSPS) is 82.4. The van der Waals surface area contributed by atoms with Gasteiger partial charge in [-0.15, -0.1) is 0 Å². The lowest BCUT2D eigenvalue weighted by atomic mass is 9.44. The number of rotatable bonds is 0. The zero-order valence-corrected chi connectivity index (χ0v) is 10.00. The van der Waals surface area contributed by atoms with Crippen molar-refractivity contribution in [2.75, 3.05) is 13.1 Å². The molecule has 6 fully saturated rings. The Morgan fingerprint density at radius 1 is 0.588 bits per heavy atom. The van der Waals surface area contributed by atoms with Gasteiger partial charge in [-0.3, -0.25) is 0 Å². The zero-order valence-electron chi connectivity index (χ0n) is 10.00. The van der Waals surface area contributed by atoms with Crippen molar-refractivity contribution in [2.24, 2.45) is 71.0 Å². The lowest BCUT2D eigenvalue weighted by Crippen LogP contribution is -2.57. The minimum atomic E-state index is 1.05. The summed E-state index contributed by atoms with van der Waals surface area (Å²) in [5, 5.41) is 3.74. The molecule has 6 aliphatic carbocycles. The molecule has 12 atom stereocenters. The first-order valence-electron chi connectivity index (χ1n) is 7.86. The van der Waals surface area contributed by atoms with Crippen LogP contribution in [-0.2, 0) is 0 Å². The molecular formula is C16H19N. The molecule has 0 aromatic rings. The lowest BCUT2D eigenvalue weighted by molar-refractivity contribution is -0.125. The highest BCUT2D eigenvalue weighted by molar-refractivity contribution is 5.37. The van der Waals surface area contributed by atoms with Gasteiger partial charge >= 0.3 is 0 Å². The summed E-state index contributed by atoms with van der Waals surface area (Å²) in [7, 11) is 0. The van der Waals surface area contributed by atoms with Crippen LogP contribution in [0.3, 0.4) is 0 Å². The van der Waals surface area contributed by atoms with Gasteiger partial charge in [0, 0.05) is 0 Å². The van der Waals surface area contributed by atoms with Crippen molar-refractivity contribution in [3.8, 4) is 0 Å². The second kappa shape index (κ2) is 2.05. The van der Waals surface area contributed by atoms with E-state index in [1.165, 1.54) is 36.8 Å². The topological polar surface area (TPSA) is 12.0 Å². The summed E-state index contributed by atoms with van der Waals surface area (Å²) in [6, 6.07) is 0. The van der Waals surface area contributed by atoms with Crippen molar-refractivity contribution < 1.29 is 0 Å². The highest BCUT2D eigenvalue weighted by Gasteiger charge is 2.83. The first-order chi connectivity index (χ1) is 8.47. The first-order valence-corrected chi connectivity index (χ1v) is 7.86. The van der Waals surface area contributed by atoms with Crippen LogP contribution in [0.1, 0.15) is 0 Å². The SMILES string of the molecule is C1=C[C@H]2[C@H]3[C@H]4[C@@H]1[C@H]1[C@H]2[C@@H]2[C@H]3[C@@H]3CNC[C@@H]3[C@H]4[C@@H]12. The quantitative estimate of drug-likeness (QED) is 0.618. The van der Waals surface area contributed by atoms with E-state index in [0.29, 0.717) is 0 Å². The van der Waals surface area contributed by atoms with E-state index in [1.54, 1.807) is 0 Å². The number of hydrogen-bond donors (Lipinski definition) is 1. The van der Waals surface area contributed by atoms with E-state index in [-0.39, 0.29) is 0 Å². The molecular weight excluding hydrogens is 206 g/mol. The van der Waals surface area contributed by atoms with Gasteiger partial charge in [0.05, 0.1) is 0 Å². The molecule has 1 heterocycles. The van der Waals surface area contributed by atoms with Gasteiger partial charge in [-0.2, -0.15) is 0 Å². The number of hydrogen-bond acceptors (Lipinski definition) is 1. The largest absolute Gasteiger partial charge is 0.316 e.